The number of nitrogens with one attached hydrogen (secondary N) is 1. The quantitative estimate of drug-likeness (QED) is 0.441. The molecule has 3 aromatic rings. The van der Waals surface area contributed by atoms with Gasteiger partial charge >= 0.3 is 5.97 Å². The van der Waals surface area contributed by atoms with Crippen LogP contribution in [0.2, 0.25) is 0 Å². The number of carbonyl (C=O) groups is 2. The van der Waals surface area contributed by atoms with Crippen LogP contribution in [0.1, 0.15) is 39.4 Å². The second kappa shape index (κ2) is 9.28. The number of benzene rings is 2. The topological polar surface area (TPSA) is 84.9 Å². The van der Waals surface area contributed by atoms with Gasteiger partial charge in [-0.25, -0.2) is 4.79 Å². The van der Waals surface area contributed by atoms with Gasteiger partial charge in [-0.05, 0) is 30.2 Å². The first-order valence-electron chi connectivity index (χ1n) is 10.3. The third kappa shape index (κ3) is 4.11. The van der Waals surface area contributed by atoms with Crippen molar-refractivity contribution in [2.75, 3.05) is 18.5 Å². The lowest BCUT2D eigenvalue weighted by Crippen LogP contribution is -2.22. The Morgan fingerprint density at radius 3 is 2.69 bits per heavy atom. The molecular weight excluding hydrogens is 426 g/mol. The summed E-state index contributed by atoms with van der Waals surface area (Å²) in [6.07, 6.45) is 1.88. The zero-order chi connectivity index (χ0) is 22.7. The van der Waals surface area contributed by atoms with Gasteiger partial charge in [-0.3, -0.25) is 4.79 Å². The van der Waals surface area contributed by atoms with Gasteiger partial charge in [0.05, 0.1) is 12.3 Å². The fraction of sp³-hybridized carbons (Fsp3) is 0.200. The molecule has 1 aliphatic rings. The summed E-state index contributed by atoms with van der Waals surface area (Å²) in [5, 5.41) is 12.8. The average Bonchev–Trinajstić information content (AvgIpc) is 3.18. The Bertz CT molecular complexity index is 1170. The number of hydrogen-bond donors (Lipinski definition) is 2. The molecule has 2 aromatic carbocycles. The first kappa shape index (κ1) is 21.6. The monoisotopic (exact) mass is 449 g/mol. The van der Waals surface area contributed by atoms with Crippen LogP contribution in [0.3, 0.4) is 0 Å². The summed E-state index contributed by atoms with van der Waals surface area (Å²) in [4.78, 5) is 25.8. The highest BCUT2D eigenvalue weighted by atomic mass is 32.1. The van der Waals surface area contributed by atoms with Crippen molar-refractivity contribution in [3.8, 4) is 22.6 Å². The van der Waals surface area contributed by atoms with Crippen LogP contribution in [0.15, 0.2) is 61.2 Å². The molecule has 32 heavy (non-hydrogen) atoms. The fourth-order valence-corrected chi connectivity index (χ4v) is 5.11. The third-order valence-electron chi connectivity index (χ3n) is 5.19. The second-order valence-corrected chi connectivity index (χ2v) is 8.31. The van der Waals surface area contributed by atoms with E-state index in [-0.39, 0.29) is 23.1 Å². The van der Waals surface area contributed by atoms with Crippen LogP contribution in [0.5, 0.6) is 11.5 Å². The molecule has 1 aliphatic heterocycles. The van der Waals surface area contributed by atoms with Gasteiger partial charge in [-0.1, -0.05) is 49.1 Å². The number of carboxylic acid groups (broad SMARTS) is 1. The standard InChI is InChI=1S/C25H23NO5S/c1-3-12-31-18-11-10-16(13-19(18)30-4-2)17-14-20(27)26-22-21(15-8-6-5-7-9-15)24(25(28)29)32-23(17)22/h3,5-11,13,17H,1,4,12,14H2,2H3,(H,26,27)(H,28,29)/t17-/m0/s1. The summed E-state index contributed by atoms with van der Waals surface area (Å²) in [5.41, 5.74) is 2.75. The predicted molar refractivity (Wildman–Crippen MR) is 125 cm³/mol. The summed E-state index contributed by atoms with van der Waals surface area (Å²) in [7, 11) is 0. The Labute approximate surface area is 190 Å². The average molecular weight is 450 g/mol. The van der Waals surface area contributed by atoms with Gasteiger partial charge in [-0.15, -0.1) is 11.3 Å². The maximum atomic E-state index is 12.7. The number of thiophene rings is 1. The molecule has 0 fully saturated rings. The van der Waals surface area contributed by atoms with Crippen LogP contribution >= 0.6 is 11.3 Å². The van der Waals surface area contributed by atoms with Crippen LogP contribution < -0.4 is 14.8 Å². The SMILES string of the molecule is C=CCOc1ccc([C@@H]2CC(=O)Nc3c2sc(C(=O)O)c3-c2ccccc2)cc1OCC. The van der Waals surface area contributed by atoms with E-state index in [4.69, 9.17) is 9.47 Å². The Balaban J connectivity index is 1.84. The molecule has 4 rings (SSSR count). The number of carbonyl (C=O) groups excluding carboxylic acids is 1. The van der Waals surface area contributed by atoms with Crippen molar-refractivity contribution >= 4 is 28.9 Å². The zero-order valence-electron chi connectivity index (χ0n) is 17.6. The molecule has 6 nitrogen and oxygen atoms in total. The van der Waals surface area contributed by atoms with E-state index in [0.29, 0.717) is 36.0 Å². The molecule has 164 valence electrons. The Kier molecular flexibility index (Phi) is 6.28. The van der Waals surface area contributed by atoms with Gasteiger partial charge in [-0.2, -0.15) is 0 Å². The highest BCUT2D eigenvalue weighted by Gasteiger charge is 2.34. The summed E-state index contributed by atoms with van der Waals surface area (Å²) in [6.45, 7) is 6.37. The number of amides is 1. The maximum Gasteiger partial charge on any atom is 0.346 e. The van der Waals surface area contributed by atoms with Crippen molar-refractivity contribution in [1.82, 2.24) is 0 Å². The van der Waals surface area contributed by atoms with Gasteiger partial charge < -0.3 is 19.9 Å². The molecule has 1 atom stereocenters. The lowest BCUT2D eigenvalue weighted by Gasteiger charge is -2.24. The minimum absolute atomic E-state index is 0.153. The summed E-state index contributed by atoms with van der Waals surface area (Å²) >= 11 is 1.21. The summed E-state index contributed by atoms with van der Waals surface area (Å²) in [6, 6.07) is 14.9. The molecule has 0 spiro atoms. The minimum atomic E-state index is -1.01. The number of anilines is 1. The number of hydrogen-bond acceptors (Lipinski definition) is 5. The largest absolute Gasteiger partial charge is 0.490 e. The van der Waals surface area contributed by atoms with Gasteiger partial charge in [0.15, 0.2) is 11.5 Å². The molecule has 0 saturated carbocycles. The van der Waals surface area contributed by atoms with E-state index in [0.717, 1.165) is 16.0 Å². The Morgan fingerprint density at radius 2 is 2.00 bits per heavy atom. The van der Waals surface area contributed by atoms with Crippen LogP contribution in [0, 0.1) is 0 Å². The number of carboxylic acids is 1. The van der Waals surface area contributed by atoms with Crippen molar-refractivity contribution in [3.63, 3.8) is 0 Å². The van der Waals surface area contributed by atoms with Gasteiger partial charge in [0.25, 0.3) is 0 Å². The Hall–Kier alpha value is -3.58. The first-order valence-corrected chi connectivity index (χ1v) is 11.1. The zero-order valence-corrected chi connectivity index (χ0v) is 18.4. The number of aromatic carboxylic acids is 1. The van der Waals surface area contributed by atoms with Gasteiger partial charge in [0.1, 0.15) is 11.5 Å². The van der Waals surface area contributed by atoms with E-state index in [1.165, 1.54) is 11.3 Å². The molecule has 0 saturated heterocycles. The van der Waals surface area contributed by atoms with E-state index in [9.17, 15) is 14.7 Å². The van der Waals surface area contributed by atoms with E-state index in [1.807, 2.05) is 55.5 Å². The smallest absolute Gasteiger partial charge is 0.346 e. The predicted octanol–water partition coefficient (Wildman–Crippen LogP) is 5.55. The molecule has 2 N–H and O–H groups in total. The molecule has 7 heteroatoms. The second-order valence-electron chi connectivity index (χ2n) is 7.26. The fourth-order valence-electron chi connectivity index (χ4n) is 3.86. The van der Waals surface area contributed by atoms with E-state index in [1.54, 1.807) is 6.08 Å². The number of ether oxygens (including phenoxy) is 2. The highest BCUT2D eigenvalue weighted by Crippen LogP contribution is 2.50. The van der Waals surface area contributed by atoms with Crippen molar-refractivity contribution in [3.05, 3.63) is 76.5 Å². The van der Waals surface area contributed by atoms with E-state index < -0.39 is 5.97 Å². The maximum absolute atomic E-state index is 12.7. The minimum Gasteiger partial charge on any atom is -0.490 e. The summed E-state index contributed by atoms with van der Waals surface area (Å²) < 4.78 is 11.5. The first-order chi connectivity index (χ1) is 15.5. The lowest BCUT2D eigenvalue weighted by atomic mass is 9.88. The molecule has 2 heterocycles. The van der Waals surface area contributed by atoms with Crippen molar-refractivity contribution in [2.24, 2.45) is 0 Å². The van der Waals surface area contributed by atoms with Gasteiger partial charge in [0.2, 0.25) is 5.91 Å². The van der Waals surface area contributed by atoms with E-state index >= 15 is 0 Å². The molecule has 1 amide bonds. The highest BCUT2D eigenvalue weighted by molar-refractivity contribution is 7.15. The lowest BCUT2D eigenvalue weighted by molar-refractivity contribution is -0.116. The molecule has 0 aliphatic carbocycles. The molecule has 0 radical (unpaired) electrons. The van der Waals surface area contributed by atoms with Crippen molar-refractivity contribution in [1.29, 1.82) is 0 Å². The molecule has 0 unspecified atom stereocenters. The third-order valence-corrected chi connectivity index (χ3v) is 6.48. The Morgan fingerprint density at radius 1 is 1.22 bits per heavy atom. The van der Waals surface area contributed by atoms with Crippen LogP contribution in [-0.4, -0.2) is 30.2 Å². The van der Waals surface area contributed by atoms with Crippen molar-refractivity contribution < 1.29 is 24.2 Å². The number of fused-ring (bicyclic) bond motifs is 1. The molecule has 1 aromatic heterocycles. The van der Waals surface area contributed by atoms with Crippen LogP contribution in [0.25, 0.3) is 11.1 Å². The van der Waals surface area contributed by atoms with Crippen molar-refractivity contribution in [2.45, 2.75) is 19.3 Å². The molecule has 0 bridgehead atoms. The normalized spacial score (nSPS) is 14.9. The number of rotatable bonds is 8. The van der Waals surface area contributed by atoms with Crippen LogP contribution in [0.4, 0.5) is 5.69 Å². The molecular formula is C25H23NO5S. The summed E-state index contributed by atoms with van der Waals surface area (Å²) in [5.74, 6) is -0.276. The van der Waals surface area contributed by atoms with Gasteiger partial charge in [0, 0.05) is 22.8 Å². The van der Waals surface area contributed by atoms with Crippen LogP contribution in [-0.2, 0) is 4.79 Å². The van der Waals surface area contributed by atoms with E-state index in [2.05, 4.69) is 11.9 Å².